The average molecular weight is 796 g/mol. The maximum absolute atomic E-state index is 6.43. The monoisotopic (exact) mass is 795 g/mol. The number of nitrogens with zero attached hydrogens (tertiary/aromatic N) is 1. The maximum atomic E-state index is 6.43. The Morgan fingerprint density at radius 2 is 0.836 bits per heavy atom. The lowest BCUT2D eigenvalue weighted by molar-refractivity contribution is 0.670. The van der Waals surface area contributed by atoms with Crippen molar-refractivity contribution in [2.24, 2.45) is 0 Å². The van der Waals surface area contributed by atoms with E-state index < -0.39 is 0 Å². The molecule has 0 aliphatic carbocycles. The van der Waals surface area contributed by atoms with Gasteiger partial charge in [-0.2, -0.15) is 0 Å². The largest absolute Gasteiger partial charge is 0.455 e. The lowest BCUT2D eigenvalue weighted by Crippen LogP contribution is -2.09. The number of thiophene rings is 1. The number of fused-ring (bicyclic) bond motifs is 7. The van der Waals surface area contributed by atoms with Crippen LogP contribution < -0.4 is 4.90 Å². The summed E-state index contributed by atoms with van der Waals surface area (Å²) in [6.07, 6.45) is 0. The van der Waals surface area contributed by atoms with Gasteiger partial charge in [-0.3, -0.25) is 0 Å². The van der Waals surface area contributed by atoms with Crippen molar-refractivity contribution in [1.29, 1.82) is 0 Å². The lowest BCUT2D eigenvalue weighted by atomic mass is 9.97. The van der Waals surface area contributed by atoms with Gasteiger partial charge in [0.05, 0.1) is 0 Å². The Labute approximate surface area is 357 Å². The third-order valence-corrected chi connectivity index (χ3v) is 13.2. The van der Waals surface area contributed by atoms with Crippen LogP contribution in [-0.4, -0.2) is 0 Å². The Balaban J connectivity index is 0.914. The fourth-order valence-electron chi connectivity index (χ4n) is 8.97. The summed E-state index contributed by atoms with van der Waals surface area (Å²) < 4.78 is 9.07. The molecule has 12 aromatic rings. The van der Waals surface area contributed by atoms with E-state index in [9.17, 15) is 0 Å². The number of furan rings is 1. The summed E-state index contributed by atoms with van der Waals surface area (Å²) in [4.78, 5) is 2.35. The van der Waals surface area contributed by atoms with Crippen LogP contribution in [0, 0.1) is 0 Å². The molecule has 2 nitrogen and oxygen atoms in total. The van der Waals surface area contributed by atoms with Crippen molar-refractivity contribution in [3.8, 4) is 44.5 Å². The zero-order valence-electron chi connectivity index (χ0n) is 33.1. The number of para-hydroxylation sites is 2. The van der Waals surface area contributed by atoms with Crippen molar-refractivity contribution in [2.75, 3.05) is 4.90 Å². The Kier molecular flexibility index (Phi) is 8.39. The first-order valence-electron chi connectivity index (χ1n) is 20.7. The normalized spacial score (nSPS) is 11.6. The number of hydrogen-bond donors (Lipinski definition) is 0. The highest BCUT2D eigenvalue weighted by Crippen LogP contribution is 2.41. The molecule has 3 heteroatoms. The zero-order valence-corrected chi connectivity index (χ0v) is 33.9. The second kappa shape index (κ2) is 14.5. The highest BCUT2D eigenvalue weighted by Gasteiger charge is 2.17. The highest BCUT2D eigenvalue weighted by molar-refractivity contribution is 7.25. The summed E-state index contributed by atoms with van der Waals surface area (Å²) in [5, 5.41) is 7.40. The van der Waals surface area contributed by atoms with Gasteiger partial charge >= 0.3 is 0 Å². The quantitative estimate of drug-likeness (QED) is 0.160. The molecule has 0 saturated heterocycles. The van der Waals surface area contributed by atoms with Gasteiger partial charge in [-0.1, -0.05) is 152 Å². The van der Waals surface area contributed by atoms with E-state index in [1.165, 1.54) is 64.3 Å². The van der Waals surface area contributed by atoms with Gasteiger partial charge in [-0.15, -0.1) is 11.3 Å². The number of anilines is 3. The summed E-state index contributed by atoms with van der Waals surface area (Å²) in [5.74, 6) is 0. The van der Waals surface area contributed by atoms with Gasteiger partial charge in [0.15, 0.2) is 0 Å². The van der Waals surface area contributed by atoms with Gasteiger partial charge in [0, 0.05) is 53.6 Å². The smallest absolute Gasteiger partial charge is 0.143 e. The summed E-state index contributed by atoms with van der Waals surface area (Å²) in [7, 11) is 0. The summed E-state index contributed by atoms with van der Waals surface area (Å²) in [6, 6.07) is 81.2. The van der Waals surface area contributed by atoms with Crippen LogP contribution in [0.1, 0.15) is 0 Å². The summed E-state index contributed by atoms with van der Waals surface area (Å²) >= 11 is 1.86. The van der Waals surface area contributed by atoms with E-state index in [1.54, 1.807) is 0 Å². The molecule has 0 atom stereocenters. The Morgan fingerprint density at radius 1 is 0.311 bits per heavy atom. The van der Waals surface area contributed by atoms with Gasteiger partial charge < -0.3 is 9.32 Å². The van der Waals surface area contributed by atoms with Crippen molar-refractivity contribution < 1.29 is 4.42 Å². The minimum Gasteiger partial charge on any atom is -0.455 e. The fourth-order valence-corrected chi connectivity index (χ4v) is 10.1. The van der Waals surface area contributed by atoms with E-state index in [0.29, 0.717) is 0 Å². The molecular weight excluding hydrogens is 759 g/mol. The number of hydrogen-bond acceptors (Lipinski definition) is 3. The zero-order chi connectivity index (χ0) is 40.3. The molecule has 2 heterocycles. The lowest BCUT2D eigenvalue weighted by Gasteiger charge is -2.26. The van der Waals surface area contributed by atoms with Gasteiger partial charge in [0.1, 0.15) is 11.2 Å². The molecule has 0 saturated carbocycles. The van der Waals surface area contributed by atoms with Gasteiger partial charge in [0.25, 0.3) is 0 Å². The van der Waals surface area contributed by atoms with Crippen LogP contribution in [-0.2, 0) is 0 Å². The number of rotatable bonds is 7. The van der Waals surface area contributed by atoms with Crippen molar-refractivity contribution >= 4 is 81.3 Å². The SMILES string of the molecule is c1cc(-c2ccc(N(c3ccc(-c4ccc5sc6ccccc6c5c4)cc3)c3ccc(-c4cccc5c4oc4ccccc45)cc3)cc2)cc(-c2ccc3ccccc3c2)c1. The predicted octanol–water partition coefficient (Wildman–Crippen LogP) is 17.2. The molecule has 0 bridgehead atoms. The van der Waals surface area contributed by atoms with E-state index in [1.807, 2.05) is 23.5 Å². The fraction of sp³-hybridized carbons (Fsp3) is 0. The molecule has 61 heavy (non-hydrogen) atoms. The van der Waals surface area contributed by atoms with Crippen LogP contribution in [0.3, 0.4) is 0 Å². The van der Waals surface area contributed by atoms with Crippen molar-refractivity contribution in [1.82, 2.24) is 0 Å². The predicted molar refractivity (Wildman–Crippen MR) is 261 cm³/mol. The molecule has 0 spiro atoms. The second-order valence-corrected chi connectivity index (χ2v) is 16.8. The molecule has 0 radical (unpaired) electrons. The van der Waals surface area contributed by atoms with Gasteiger partial charge in [-0.25, -0.2) is 0 Å². The Hall–Kier alpha value is -7.72. The van der Waals surface area contributed by atoms with E-state index >= 15 is 0 Å². The van der Waals surface area contributed by atoms with Crippen molar-refractivity contribution in [2.45, 2.75) is 0 Å². The van der Waals surface area contributed by atoms with E-state index in [4.69, 9.17) is 4.42 Å². The molecule has 0 unspecified atom stereocenters. The van der Waals surface area contributed by atoms with Gasteiger partial charge in [0.2, 0.25) is 0 Å². The van der Waals surface area contributed by atoms with Crippen LogP contribution in [0.15, 0.2) is 229 Å². The molecule has 0 N–H and O–H groups in total. The Morgan fingerprint density at radius 3 is 1.59 bits per heavy atom. The van der Waals surface area contributed by atoms with Gasteiger partial charge in [-0.05, 0) is 123 Å². The Bertz CT molecular complexity index is 3580. The standard InChI is InChI=1S/C58H37NOS/c1-2-10-42-36-45(20-19-38(42)9-1)44-12-7-11-43(35-44)39-21-28-47(29-22-39)59(48-30-23-40(24-31-48)46-27-34-57-54(37-46)52-14-4-6-18-56(52)61-57)49-32-25-41(26-33-49)50-15-8-16-53-51-13-3-5-17-55(51)60-58(50)53/h1-37H. The van der Waals surface area contributed by atoms with Crippen LogP contribution in [0.4, 0.5) is 17.1 Å². The molecule has 0 aliphatic rings. The molecule has 0 amide bonds. The molecule has 286 valence electrons. The maximum Gasteiger partial charge on any atom is 0.143 e. The van der Waals surface area contributed by atoms with Crippen LogP contribution in [0.5, 0.6) is 0 Å². The van der Waals surface area contributed by atoms with Crippen LogP contribution in [0.25, 0.3) is 97.4 Å². The molecule has 10 aromatic carbocycles. The topological polar surface area (TPSA) is 16.4 Å². The molecule has 2 aromatic heterocycles. The van der Waals surface area contributed by atoms with E-state index in [-0.39, 0.29) is 0 Å². The van der Waals surface area contributed by atoms with Crippen LogP contribution in [0.2, 0.25) is 0 Å². The third kappa shape index (κ3) is 6.26. The summed E-state index contributed by atoms with van der Waals surface area (Å²) in [6.45, 7) is 0. The molecule has 0 fully saturated rings. The van der Waals surface area contributed by atoms with E-state index in [0.717, 1.165) is 50.1 Å². The van der Waals surface area contributed by atoms with E-state index in [2.05, 4.69) is 217 Å². The van der Waals surface area contributed by atoms with Crippen molar-refractivity contribution in [3.63, 3.8) is 0 Å². The van der Waals surface area contributed by atoms with Crippen molar-refractivity contribution in [3.05, 3.63) is 224 Å². The first-order valence-corrected chi connectivity index (χ1v) is 21.5. The highest BCUT2D eigenvalue weighted by atomic mass is 32.1. The number of benzene rings is 10. The first kappa shape index (κ1) is 35.2. The van der Waals surface area contributed by atoms with Crippen LogP contribution >= 0.6 is 11.3 Å². The summed E-state index contributed by atoms with van der Waals surface area (Å²) in [5.41, 5.74) is 14.5. The second-order valence-electron chi connectivity index (χ2n) is 15.7. The average Bonchev–Trinajstić information content (AvgIpc) is 3.91. The molecule has 0 aliphatic heterocycles. The minimum absolute atomic E-state index is 0.906. The first-order chi connectivity index (χ1) is 30.2. The third-order valence-electron chi connectivity index (χ3n) is 12.1. The molecule has 12 rings (SSSR count). The minimum atomic E-state index is 0.906. The molecular formula is C58H37NOS.